The number of hydrogen-bond donors (Lipinski definition) is 1. The second-order valence-corrected chi connectivity index (χ2v) is 4.08. The smallest absolute Gasteiger partial charge is 0.258 e. The highest BCUT2D eigenvalue weighted by atomic mass is 19.1. The molecule has 0 heterocycles. The highest BCUT2D eigenvalue weighted by molar-refractivity contribution is 5.77. The van der Waals surface area contributed by atoms with E-state index in [-0.39, 0.29) is 24.4 Å². The molecule has 0 saturated heterocycles. The van der Waals surface area contributed by atoms with Crippen LogP contribution in [-0.2, 0) is 4.79 Å². The lowest BCUT2D eigenvalue weighted by atomic mass is 10.2. The van der Waals surface area contributed by atoms with Crippen molar-refractivity contribution in [3.05, 3.63) is 29.6 Å². The van der Waals surface area contributed by atoms with Gasteiger partial charge in [0.15, 0.2) is 6.61 Å². The highest BCUT2D eigenvalue weighted by Gasteiger charge is 2.06. The van der Waals surface area contributed by atoms with Gasteiger partial charge in [-0.05, 0) is 44.0 Å². The lowest BCUT2D eigenvalue weighted by molar-refractivity contribution is -0.123. The van der Waals surface area contributed by atoms with Crippen molar-refractivity contribution in [2.24, 2.45) is 0 Å². The van der Waals surface area contributed by atoms with Crippen LogP contribution in [0.3, 0.4) is 0 Å². The highest BCUT2D eigenvalue weighted by Crippen LogP contribution is 2.15. The van der Waals surface area contributed by atoms with Gasteiger partial charge in [0.25, 0.3) is 5.91 Å². The van der Waals surface area contributed by atoms with E-state index >= 15 is 0 Å². The summed E-state index contributed by atoms with van der Waals surface area (Å²) < 4.78 is 18.3. The molecule has 94 valence electrons. The molecule has 17 heavy (non-hydrogen) atoms. The van der Waals surface area contributed by atoms with E-state index in [4.69, 9.17) is 4.74 Å². The molecule has 0 aliphatic rings. The van der Waals surface area contributed by atoms with Gasteiger partial charge < -0.3 is 10.1 Å². The van der Waals surface area contributed by atoms with Crippen LogP contribution in [0, 0.1) is 12.7 Å². The summed E-state index contributed by atoms with van der Waals surface area (Å²) in [4.78, 5) is 11.4. The van der Waals surface area contributed by atoms with Crippen LogP contribution >= 0.6 is 0 Å². The van der Waals surface area contributed by atoms with Crippen LogP contribution in [0.25, 0.3) is 0 Å². The maximum atomic E-state index is 13.0. The average Bonchev–Trinajstić information content (AvgIpc) is 2.30. The van der Waals surface area contributed by atoms with Crippen molar-refractivity contribution in [3.63, 3.8) is 0 Å². The molecule has 0 bridgehead atoms. The zero-order valence-electron chi connectivity index (χ0n) is 10.4. The standard InChI is InChI=1S/C13H18FNO2/c1-4-10(3)15-13(16)8-17-11-5-6-12(14)9(2)7-11/h5-7,10H,4,8H2,1-3H3,(H,15,16). The van der Waals surface area contributed by atoms with Gasteiger partial charge in [-0.15, -0.1) is 0 Å². The molecule has 0 saturated carbocycles. The van der Waals surface area contributed by atoms with E-state index in [1.807, 2.05) is 13.8 Å². The second kappa shape index (κ2) is 6.23. The van der Waals surface area contributed by atoms with E-state index < -0.39 is 0 Å². The van der Waals surface area contributed by atoms with Gasteiger partial charge in [-0.3, -0.25) is 4.79 Å². The van der Waals surface area contributed by atoms with Crippen LogP contribution in [0.4, 0.5) is 4.39 Å². The minimum Gasteiger partial charge on any atom is -0.484 e. The number of rotatable bonds is 5. The number of benzene rings is 1. The van der Waals surface area contributed by atoms with E-state index in [1.165, 1.54) is 12.1 Å². The Bertz CT molecular complexity index is 393. The zero-order valence-corrected chi connectivity index (χ0v) is 10.4. The van der Waals surface area contributed by atoms with E-state index in [0.717, 1.165) is 6.42 Å². The van der Waals surface area contributed by atoms with Crippen molar-refractivity contribution in [2.45, 2.75) is 33.2 Å². The first-order chi connectivity index (χ1) is 8.02. The molecule has 1 N–H and O–H groups in total. The van der Waals surface area contributed by atoms with Gasteiger partial charge in [0.2, 0.25) is 0 Å². The SMILES string of the molecule is CCC(C)NC(=O)COc1ccc(F)c(C)c1. The largest absolute Gasteiger partial charge is 0.484 e. The molecule has 1 aromatic carbocycles. The second-order valence-electron chi connectivity index (χ2n) is 4.08. The predicted molar refractivity (Wildman–Crippen MR) is 64.5 cm³/mol. The lowest BCUT2D eigenvalue weighted by Crippen LogP contribution is -2.35. The molecular formula is C13H18FNO2. The summed E-state index contributed by atoms with van der Waals surface area (Å²) in [5.41, 5.74) is 0.504. The van der Waals surface area contributed by atoms with Crippen LogP contribution in [0.2, 0.25) is 0 Å². The molecular weight excluding hydrogens is 221 g/mol. The number of carbonyl (C=O) groups is 1. The minimum absolute atomic E-state index is 0.0462. The number of nitrogens with one attached hydrogen (secondary N) is 1. The van der Waals surface area contributed by atoms with Gasteiger partial charge in [-0.2, -0.15) is 0 Å². The number of ether oxygens (including phenoxy) is 1. The number of aryl methyl sites for hydroxylation is 1. The lowest BCUT2D eigenvalue weighted by Gasteiger charge is -2.12. The van der Waals surface area contributed by atoms with Gasteiger partial charge in [0.05, 0.1) is 0 Å². The van der Waals surface area contributed by atoms with Crippen LogP contribution < -0.4 is 10.1 Å². The molecule has 0 spiro atoms. The topological polar surface area (TPSA) is 38.3 Å². The van der Waals surface area contributed by atoms with Crippen molar-refractivity contribution in [1.29, 1.82) is 0 Å². The van der Waals surface area contributed by atoms with E-state index in [2.05, 4.69) is 5.32 Å². The number of halogens is 1. The molecule has 0 aliphatic carbocycles. The third-order valence-corrected chi connectivity index (χ3v) is 2.52. The Morgan fingerprint density at radius 2 is 2.24 bits per heavy atom. The Morgan fingerprint density at radius 3 is 2.82 bits per heavy atom. The fourth-order valence-corrected chi connectivity index (χ4v) is 1.27. The number of amides is 1. The average molecular weight is 239 g/mol. The zero-order chi connectivity index (χ0) is 12.8. The normalized spacial score (nSPS) is 12.0. The summed E-state index contributed by atoms with van der Waals surface area (Å²) in [6.45, 7) is 5.53. The quantitative estimate of drug-likeness (QED) is 0.857. The molecule has 0 fully saturated rings. The molecule has 3 nitrogen and oxygen atoms in total. The molecule has 4 heteroatoms. The third-order valence-electron chi connectivity index (χ3n) is 2.52. The molecule has 0 aromatic heterocycles. The van der Waals surface area contributed by atoms with Crippen molar-refractivity contribution in [1.82, 2.24) is 5.32 Å². The summed E-state index contributed by atoms with van der Waals surface area (Å²) in [6, 6.07) is 4.56. The summed E-state index contributed by atoms with van der Waals surface area (Å²) >= 11 is 0. The first-order valence-corrected chi connectivity index (χ1v) is 5.71. The number of hydrogen-bond acceptors (Lipinski definition) is 2. The molecule has 0 radical (unpaired) electrons. The van der Waals surface area contributed by atoms with Gasteiger partial charge in [-0.1, -0.05) is 6.92 Å². The Hall–Kier alpha value is -1.58. The summed E-state index contributed by atoms with van der Waals surface area (Å²) in [6.07, 6.45) is 0.876. The molecule has 1 atom stereocenters. The first-order valence-electron chi connectivity index (χ1n) is 5.71. The molecule has 1 unspecified atom stereocenters. The Balaban J connectivity index is 2.45. The first kappa shape index (κ1) is 13.5. The monoisotopic (exact) mass is 239 g/mol. The Kier molecular flexibility index (Phi) is 4.94. The van der Waals surface area contributed by atoms with Gasteiger partial charge in [0.1, 0.15) is 11.6 Å². The minimum atomic E-state index is -0.276. The summed E-state index contributed by atoms with van der Waals surface area (Å²) in [7, 11) is 0. The van der Waals surface area contributed by atoms with E-state index in [0.29, 0.717) is 11.3 Å². The fourth-order valence-electron chi connectivity index (χ4n) is 1.27. The maximum Gasteiger partial charge on any atom is 0.258 e. The van der Waals surface area contributed by atoms with Gasteiger partial charge in [-0.25, -0.2) is 4.39 Å². The third kappa shape index (κ3) is 4.43. The van der Waals surface area contributed by atoms with Gasteiger partial charge in [0, 0.05) is 6.04 Å². The Morgan fingerprint density at radius 1 is 1.53 bits per heavy atom. The van der Waals surface area contributed by atoms with E-state index in [9.17, 15) is 9.18 Å². The predicted octanol–water partition coefficient (Wildman–Crippen LogP) is 2.43. The van der Waals surface area contributed by atoms with Gasteiger partial charge >= 0.3 is 0 Å². The van der Waals surface area contributed by atoms with Crippen molar-refractivity contribution in [3.8, 4) is 5.75 Å². The van der Waals surface area contributed by atoms with Crippen LogP contribution in [-0.4, -0.2) is 18.6 Å². The maximum absolute atomic E-state index is 13.0. The van der Waals surface area contributed by atoms with E-state index in [1.54, 1.807) is 13.0 Å². The molecule has 0 aliphatic heterocycles. The van der Waals surface area contributed by atoms with Crippen molar-refractivity contribution < 1.29 is 13.9 Å². The van der Waals surface area contributed by atoms with Crippen molar-refractivity contribution in [2.75, 3.05) is 6.61 Å². The van der Waals surface area contributed by atoms with Crippen LogP contribution in [0.1, 0.15) is 25.8 Å². The van der Waals surface area contributed by atoms with Crippen LogP contribution in [0.5, 0.6) is 5.75 Å². The molecule has 1 amide bonds. The summed E-state index contributed by atoms with van der Waals surface area (Å²) in [5, 5.41) is 2.79. The Labute approximate surface area is 101 Å². The van der Waals surface area contributed by atoms with Crippen molar-refractivity contribution >= 4 is 5.91 Å². The fraction of sp³-hybridized carbons (Fsp3) is 0.462. The van der Waals surface area contributed by atoms with Crippen LogP contribution in [0.15, 0.2) is 18.2 Å². The molecule has 1 rings (SSSR count). The molecule has 1 aromatic rings. The summed E-state index contributed by atoms with van der Waals surface area (Å²) in [5.74, 6) is 0.0611. The number of carbonyl (C=O) groups excluding carboxylic acids is 1.